The smallest absolute Gasteiger partial charge is 0.238 e. The lowest BCUT2D eigenvalue weighted by Crippen LogP contribution is -2.32. The van der Waals surface area contributed by atoms with E-state index in [1.165, 1.54) is 12.0 Å². The van der Waals surface area contributed by atoms with E-state index in [0.717, 1.165) is 31.7 Å². The second kappa shape index (κ2) is 7.41. The maximum absolute atomic E-state index is 12.1. The Morgan fingerprint density at radius 1 is 1.45 bits per heavy atom. The molecule has 1 fully saturated rings. The Balaban J connectivity index is 1.80. The minimum atomic E-state index is 0.0864. The van der Waals surface area contributed by atoms with Crippen molar-refractivity contribution in [2.75, 3.05) is 38.5 Å². The van der Waals surface area contributed by atoms with Crippen LogP contribution in [0.25, 0.3) is 0 Å². The summed E-state index contributed by atoms with van der Waals surface area (Å²) in [5.74, 6) is 0.764. The summed E-state index contributed by atoms with van der Waals surface area (Å²) in [4.78, 5) is 14.3. The average molecular weight is 275 g/mol. The summed E-state index contributed by atoms with van der Waals surface area (Å²) in [5.41, 5.74) is 2.15. The molecule has 1 heterocycles. The van der Waals surface area contributed by atoms with Gasteiger partial charge >= 0.3 is 0 Å². The molecule has 110 valence electrons. The van der Waals surface area contributed by atoms with E-state index in [-0.39, 0.29) is 5.91 Å². The number of amides is 1. The normalized spacial score (nSPS) is 19.2. The number of aryl methyl sites for hydroxylation is 1. The zero-order chi connectivity index (χ0) is 14.4. The monoisotopic (exact) mass is 275 g/mol. The first-order valence-electron chi connectivity index (χ1n) is 7.47. The third-order valence-corrected chi connectivity index (χ3v) is 3.85. The molecule has 0 spiro atoms. The Bertz CT molecular complexity index is 447. The molecule has 0 radical (unpaired) electrons. The average Bonchev–Trinajstić information content (AvgIpc) is 2.86. The van der Waals surface area contributed by atoms with Gasteiger partial charge in [-0.3, -0.25) is 9.69 Å². The molecule has 2 N–H and O–H groups in total. The molecule has 2 rings (SSSR count). The fourth-order valence-corrected chi connectivity index (χ4v) is 2.78. The number of rotatable bonds is 6. The first-order chi connectivity index (χ1) is 9.71. The summed E-state index contributed by atoms with van der Waals surface area (Å²) in [6, 6.07) is 8.07. The molecule has 1 amide bonds. The number of anilines is 1. The fraction of sp³-hybridized carbons (Fsp3) is 0.562. The van der Waals surface area contributed by atoms with Crippen molar-refractivity contribution in [3.05, 3.63) is 29.8 Å². The van der Waals surface area contributed by atoms with Gasteiger partial charge in [-0.05, 0) is 56.6 Å². The SMILES string of the molecule is CCc1cccc(NC(=O)CN2CCC(CNC)C2)c1. The highest BCUT2D eigenvalue weighted by Crippen LogP contribution is 2.15. The van der Waals surface area contributed by atoms with Crippen molar-refractivity contribution >= 4 is 11.6 Å². The molecule has 1 aromatic rings. The van der Waals surface area contributed by atoms with Crippen molar-refractivity contribution in [3.63, 3.8) is 0 Å². The van der Waals surface area contributed by atoms with Crippen LogP contribution in [0.3, 0.4) is 0 Å². The highest BCUT2D eigenvalue weighted by molar-refractivity contribution is 5.92. The van der Waals surface area contributed by atoms with Gasteiger partial charge in [0.1, 0.15) is 0 Å². The molecule has 0 bridgehead atoms. The van der Waals surface area contributed by atoms with E-state index in [1.807, 2.05) is 25.2 Å². The number of nitrogens with zero attached hydrogens (tertiary/aromatic N) is 1. The van der Waals surface area contributed by atoms with E-state index in [0.29, 0.717) is 12.5 Å². The molecular formula is C16H25N3O. The third kappa shape index (κ3) is 4.32. The molecule has 4 nitrogen and oxygen atoms in total. The van der Waals surface area contributed by atoms with Crippen molar-refractivity contribution in [2.45, 2.75) is 19.8 Å². The van der Waals surface area contributed by atoms with Crippen molar-refractivity contribution in [2.24, 2.45) is 5.92 Å². The summed E-state index contributed by atoms with van der Waals surface area (Å²) in [6.45, 7) is 5.69. The number of likely N-dealkylation sites (tertiary alicyclic amines) is 1. The third-order valence-electron chi connectivity index (χ3n) is 3.85. The van der Waals surface area contributed by atoms with Crippen LogP contribution in [0.15, 0.2) is 24.3 Å². The van der Waals surface area contributed by atoms with Crippen LogP contribution >= 0.6 is 0 Å². The van der Waals surface area contributed by atoms with Crippen LogP contribution < -0.4 is 10.6 Å². The van der Waals surface area contributed by atoms with Gasteiger partial charge in [-0.25, -0.2) is 0 Å². The minimum absolute atomic E-state index is 0.0864. The largest absolute Gasteiger partial charge is 0.325 e. The van der Waals surface area contributed by atoms with E-state index in [4.69, 9.17) is 0 Å². The van der Waals surface area contributed by atoms with Gasteiger partial charge in [-0.1, -0.05) is 19.1 Å². The molecule has 1 saturated heterocycles. The quantitative estimate of drug-likeness (QED) is 0.831. The molecule has 1 aliphatic heterocycles. The van der Waals surface area contributed by atoms with Gasteiger partial charge in [0.25, 0.3) is 0 Å². The topological polar surface area (TPSA) is 44.4 Å². The van der Waals surface area contributed by atoms with Gasteiger partial charge in [-0.2, -0.15) is 0 Å². The molecule has 1 unspecified atom stereocenters. The van der Waals surface area contributed by atoms with Crippen molar-refractivity contribution < 1.29 is 4.79 Å². The lowest BCUT2D eigenvalue weighted by Gasteiger charge is -2.16. The zero-order valence-corrected chi connectivity index (χ0v) is 12.5. The van der Waals surface area contributed by atoms with E-state index in [2.05, 4.69) is 28.5 Å². The first kappa shape index (κ1) is 15.0. The lowest BCUT2D eigenvalue weighted by atomic mass is 10.1. The van der Waals surface area contributed by atoms with Gasteiger partial charge in [-0.15, -0.1) is 0 Å². The van der Waals surface area contributed by atoms with Crippen molar-refractivity contribution in [1.82, 2.24) is 10.2 Å². The molecular weight excluding hydrogens is 250 g/mol. The second-order valence-corrected chi connectivity index (χ2v) is 5.55. The zero-order valence-electron chi connectivity index (χ0n) is 12.5. The molecule has 1 atom stereocenters. The standard InChI is InChI=1S/C16H25N3O/c1-3-13-5-4-6-15(9-13)18-16(20)12-19-8-7-14(11-19)10-17-2/h4-6,9,14,17H,3,7-8,10-12H2,1-2H3,(H,18,20). The van der Waals surface area contributed by atoms with Gasteiger partial charge < -0.3 is 10.6 Å². The predicted molar refractivity (Wildman–Crippen MR) is 82.9 cm³/mol. The Kier molecular flexibility index (Phi) is 5.56. The highest BCUT2D eigenvalue weighted by atomic mass is 16.2. The molecule has 0 saturated carbocycles. The summed E-state index contributed by atoms with van der Waals surface area (Å²) < 4.78 is 0. The minimum Gasteiger partial charge on any atom is -0.325 e. The van der Waals surface area contributed by atoms with E-state index in [9.17, 15) is 4.79 Å². The van der Waals surface area contributed by atoms with E-state index in [1.54, 1.807) is 0 Å². The molecule has 1 aliphatic rings. The van der Waals surface area contributed by atoms with Crippen molar-refractivity contribution in [3.8, 4) is 0 Å². The van der Waals surface area contributed by atoms with Crippen LogP contribution in [0.4, 0.5) is 5.69 Å². The van der Waals surface area contributed by atoms with Crippen molar-refractivity contribution in [1.29, 1.82) is 0 Å². The Hall–Kier alpha value is -1.39. The fourth-order valence-electron chi connectivity index (χ4n) is 2.78. The lowest BCUT2D eigenvalue weighted by molar-refractivity contribution is -0.117. The number of carbonyl (C=O) groups excluding carboxylic acids is 1. The Morgan fingerprint density at radius 2 is 2.30 bits per heavy atom. The molecule has 4 heteroatoms. The van der Waals surface area contributed by atoms with Crippen LogP contribution in [0.5, 0.6) is 0 Å². The summed E-state index contributed by atoms with van der Waals surface area (Å²) in [5, 5.41) is 6.20. The summed E-state index contributed by atoms with van der Waals surface area (Å²) in [7, 11) is 1.98. The Morgan fingerprint density at radius 3 is 3.05 bits per heavy atom. The molecule has 0 aliphatic carbocycles. The van der Waals surface area contributed by atoms with Gasteiger partial charge in [0.05, 0.1) is 6.54 Å². The van der Waals surface area contributed by atoms with Crippen LogP contribution in [0.2, 0.25) is 0 Å². The molecule has 20 heavy (non-hydrogen) atoms. The van der Waals surface area contributed by atoms with Crippen LogP contribution in [-0.4, -0.2) is 44.0 Å². The summed E-state index contributed by atoms with van der Waals surface area (Å²) >= 11 is 0. The first-order valence-corrected chi connectivity index (χ1v) is 7.47. The van der Waals surface area contributed by atoms with Crippen LogP contribution in [-0.2, 0) is 11.2 Å². The van der Waals surface area contributed by atoms with Crippen LogP contribution in [0, 0.1) is 5.92 Å². The number of hydrogen-bond donors (Lipinski definition) is 2. The maximum atomic E-state index is 12.1. The van der Waals surface area contributed by atoms with Gasteiger partial charge in [0.15, 0.2) is 0 Å². The van der Waals surface area contributed by atoms with E-state index >= 15 is 0 Å². The molecule has 0 aromatic heterocycles. The summed E-state index contributed by atoms with van der Waals surface area (Å²) in [6.07, 6.45) is 2.17. The van der Waals surface area contributed by atoms with E-state index < -0.39 is 0 Å². The van der Waals surface area contributed by atoms with Gasteiger partial charge in [0.2, 0.25) is 5.91 Å². The number of carbonyl (C=O) groups is 1. The number of benzene rings is 1. The number of nitrogens with one attached hydrogen (secondary N) is 2. The number of hydrogen-bond acceptors (Lipinski definition) is 3. The predicted octanol–water partition coefficient (Wildman–Crippen LogP) is 1.73. The maximum Gasteiger partial charge on any atom is 0.238 e. The van der Waals surface area contributed by atoms with Crippen LogP contribution in [0.1, 0.15) is 18.9 Å². The molecule has 1 aromatic carbocycles. The van der Waals surface area contributed by atoms with Gasteiger partial charge in [0, 0.05) is 12.2 Å². The second-order valence-electron chi connectivity index (χ2n) is 5.55. The highest BCUT2D eigenvalue weighted by Gasteiger charge is 2.23. The Labute approximate surface area is 121 Å².